The summed E-state index contributed by atoms with van der Waals surface area (Å²) in [5.41, 5.74) is 1.69. The summed E-state index contributed by atoms with van der Waals surface area (Å²) in [4.78, 5) is 26.8. The van der Waals surface area contributed by atoms with Gasteiger partial charge >= 0.3 is 12.0 Å². The van der Waals surface area contributed by atoms with E-state index in [1.165, 1.54) is 11.3 Å². The van der Waals surface area contributed by atoms with Gasteiger partial charge in [0.15, 0.2) is 0 Å². The number of nitrogens with one attached hydrogen (secondary N) is 2. The van der Waals surface area contributed by atoms with Crippen LogP contribution in [0.5, 0.6) is 0 Å². The molecule has 0 aliphatic rings. The second kappa shape index (κ2) is 6.85. The van der Waals surface area contributed by atoms with Gasteiger partial charge in [-0.05, 0) is 6.42 Å². The molecule has 17 heavy (non-hydrogen) atoms. The average molecular weight is 257 g/mol. The molecule has 2 amide bonds. The van der Waals surface area contributed by atoms with Crippen LogP contribution in [0.4, 0.5) is 4.79 Å². The largest absolute Gasteiger partial charge is 0.481 e. The van der Waals surface area contributed by atoms with E-state index in [0.717, 1.165) is 4.88 Å². The molecule has 0 aliphatic carbocycles. The number of carboxylic acids is 1. The number of urea groups is 1. The molecule has 0 bridgehead atoms. The fourth-order valence-electron chi connectivity index (χ4n) is 1.24. The van der Waals surface area contributed by atoms with E-state index in [1.54, 1.807) is 11.7 Å². The monoisotopic (exact) mass is 257 g/mol. The van der Waals surface area contributed by atoms with E-state index in [1.807, 2.05) is 6.92 Å². The SMILES string of the molecule is CCC(CC(=O)O)NC(=O)NCc1cncs1. The van der Waals surface area contributed by atoms with Crippen LogP contribution in [0.15, 0.2) is 11.7 Å². The second-order valence-electron chi connectivity index (χ2n) is 3.50. The molecule has 1 aromatic rings. The zero-order valence-corrected chi connectivity index (χ0v) is 10.3. The van der Waals surface area contributed by atoms with Crippen molar-refractivity contribution in [2.45, 2.75) is 32.4 Å². The van der Waals surface area contributed by atoms with Gasteiger partial charge in [-0.3, -0.25) is 9.78 Å². The first-order valence-corrected chi connectivity index (χ1v) is 6.13. The summed E-state index contributed by atoms with van der Waals surface area (Å²) in [7, 11) is 0. The summed E-state index contributed by atoms with van der Waals surface area (Å²) in [5, 5.41) is 13.9. The Morgan fingerprint density at radius 2 is 2.35 bits per heavy atom. The average Bonchev–Trinajstić information content (AvgIpc) is 2.77. The first kappa shape index (κ1) is 13.4. The molecule has 3 N–H and O–H groups in total. The maximum Gasteiger partial charge on any atom is 0.315 e. The molecule has 1 heterocycles. The Bertz CT molecular complexity index is 367. The first-order chi connectivity index (χ1) is 8.11. The topological polar surface area (TPSA) is 91.3 Å². The van der Waals surface area contributed by atoms with E-state index in [9.17, 15) is 9.59 Å². The summed E-state index contributed by atoms with van der Waals surface area (Å²) >= 11 is 1.45. The number of aromatic nitrogens is 1. The van der Waals surface area contributed by atoms with E-state index in [-0.39, 0.29) is 18.5 Å². The molecule has 0 aliphatic heterocycles. The fourth-order valence-corrected chi connectivity index (χ4v) is 1.78. The number of thiazole rings is 1. The molecule has 0 spiro atoms. The van der Waals surface area contributed by atoms with Crippen molar-refractivity contribution in [2.75, 3.05) is 0 Å². The molecule has 0 saturated carbocycles. The Morgan fingerprint density at radius 1 is 1.59 bits per heavy atom. The number of carbonyl (C=O) groups is 2. The third kappa shape index (κ3) is 5.30. The number of amides is 2. The molecule has 0 radical (unpaired) electrons. The Hall–Kier alpha value is -1.63. The van der Waals surface area contributed by atoms with Crippen molar-refractivity contribution in [3.63, 3.8) is 0 Å². The molecule has 7 heteroatoms. The lowest BCUT2D eigenvalue weighted by atomic mass is 10.1. The number of carboxylic acid groups (broad SMARTS) is 1. The molecule has 0 aromatic carbocycles. The summed E-state index contributed by atoms with van der Waals surface area (Å²) < 4.78 is 0. The van der Waals surface area contributed by atoms with E-state index in [0.29, 0.717) is 13.0 Å². The summed E-state index contributed by atoms with van der Waals surface area (Å²) in [6, 6.07) is -0.694. The van der Waals surface area contributed by atoms with Crippen LogP contribution in [0.3, 0.4) is 0 Å². The zero-order chi connectivity index (χ0) is 12.7. The van der Waals surface area contributed by atoms with Crippen LogP contribution in [0.2, 0.25) is 0 Å². The zero-order valence-electron chi connectivity index (χ0n) is 9.47. The van der Waals surface area contributed by atoms with E-state index in [4.69, 9.17) is 5.11 Å². The molecular formula is C10H15N3O3S. The van der Waals surface area contributed by atoms with Crippen molar-refractivity contribution in [2.24, 2.45) is 0 Å². The number of hydrogen-bond acceptors (Lipinski definition) is 4. The van der Waals surface area contributed by atoms with Gasteiger partial charge in [-0.25, -0.2) is 4.79 Å². The third-order valence-electron chi connectivity index (χ3n) is 2.16. The van der Waals surface area contributed by atoms with Crippen molar-refractivity contribution in [1.82, 2.24) is 15.6 Å². The molecule has 1 atom stereocenters. The number of hydrogen-bond donors (Lipinski definition) is 3. The van der Waals surface area contributed by atoms with Crippen LogP contribution >= 0.6 is 11.3 Å². The van der Waals surface area contributed by atoms with Crippen molar-refractivity contribution in [3.8, 4) is 0 Å². The third-order valence-corrected chi connectivity index (χ3v) is 2.94. The van der Waals surface area contributed by atoms with Gasteiger partial charge in [-0.15, -0.1) is 11.3 Å². The van der Waals surface area contributed by atoms with E-state index >= 15 is 0 Å². The Kier molecular flexibility index (Phi) is 5.41. The van der Waals surface area contributed by atoms with Crippen molar-refractivity contribution >= 4 is 23.3 Å². The van der Waals surface area contributed by atoms with Crippen LogP contribution in [-0.4, -0.2) is 28.1 Å². The van der Waals surface area contributed by atoms with Gasteiger partial charge in [0.05, 0.1) is 18.5 Å². The van der Waals surface area contributed by atoms with Gasteiger partial charge < -0.3 is 15.7 Å². The highest BCUT2D eigenvalue weighted by Gasteiger charge is 2.13. The number of carbonyl (C=O) groups excluding carboxylic acids is 1. The Morgan fingerprint density at radius 3 is 2.88 bits per heavy atom. The normalized spacial score (nSPS) is 11.8. The molecule has 1 unspecified atom stereocenters. The molecule has 6 nitrogen and oxygen atoms in total. The Balaban J connectivity index is 2.30. The maximum absolute atomic E-state index is 11.5. The molecule has 1 aromatic heterocycles. The first-order valence-electron chi connectivity index (χ1n) is 5.25. The molecular weight excluding hydrogens is 242 g/mol. The van der Waals surface area contributed by atoms with Gasteiger partial charge in [-0.1, -0.05) is 6.92 Å². The van der Waals surface area contributed by atoms with Gasteiger partial charge in [0, 0.05) is 17.1 Å². The van der Waals surface area contributed by atoms with Crippen LogP contribution < -0.4 is 10.6 Å². The Labute approximate surface area is 103 Å². The number of nitrogens with zero attached hydrogens (tertiary/aromatic N) is 1. The number of aliphatic carboxylic acids is 1. The van der Waals surface area contributed by atoms with E-state index < -0.39 is 5.97 Å². The van der Waals surface area contributed by atoms with Gasteiger partial charge in [-0.2, -0.15) is 0 Å². The molecule has 94 valence electrons. The highest BCUT2D eigenvalue weighted by atomic mass is 32.1. The van der Waals surface area contributed by atoms with Crippen molar-refractivity contribution < 1.29 is 14.7 Å². The highest BCUT2D eigenvalue weighted by molar-refractivity contribution is 7.09. The maximum atomic E-state index is 11.5. The van der Waals surface area contributed by atoms with Crippen LogP contribution in [0, 0.1) is 0 Å². The lowest BCUT2D eigenvalue weighted by Gasteiger charge is -2.15. The van der Waals surface area contributed by atoms with E-state index in [2.05, 4.69) is 15.6 Å². The van der Waals surface area contributed by atoms with Gasteiger partial charge in [0.1, 0.15) is 0 Å². The molecule has 0 saturated heterocycles. The summed E-state index contributed by atoms with van der Waals surface area (Å²) in [6.07, 6.45) is 2.20. The lowest BCUT2D eigenvalue weighted by molar-refractivity contribution is -0.137. The van der Waals surface area contributed by atoms with Crippen LogP contribution in [0.25, 0.3) is 0 Å². The van der Waals surface area contributed by atoms with Crippen LogP contribution in [0.1, 0.15) is 24.6 Å². The lowest BCUT2D eigenvalue weighted by Crippen LogP contribution is -2.42. The standard InChI is InChI=1S/C10H15N3O3S/c1-2-7(3-9(14)15)13-10(16)12-5-8-4-11-6-17-8/h4,6-7H,2-3,5H2,1H3,(H,14,15)(H2,12,13,16). The highest BCUT2D eigenvalue weighted by Crippen LogP contribution is 2.04. The summed E-state index contributed by atoms with van der Waals surface area (Å²) in [6.45, 7) is 2.23. The number of rotatable bonds is 6. The fraction of sp³-hybridized carbons (Fsp3) is 0.500. The molecule has 0 fully saturated rings. The second-order valence-corrected chi connectivity index (χ2v) is 4.47. The van der Waals surface area contributed by atoms with Gasteiger partial charge in [0.2, 0.25) is 0 Å². The minimum absolute atomic E-state index is 0.0650. The van der Waals surface area contributed by atoms with Crippen LogP contribution in [-0.2, 0) is 11.3 Å². The predicted octanol–water partition coefficient (Wildman–Crippen LogP) is 1.20. The quantitative estimate of drug-likeness (QED) is 0.714. The molecule has 1 rings (SSSR count). The smallest absolute Gasteiger partial charge is 0.315 e. The van der Waals surface area contributed by atoms with Gasteiger partial charge in [0.25, 0.3) is 0 Å². The minimum Gasteiger partial charge on any atom is -0.481 e. The predicted molar refractivity (Wildman–Crippen MR) is 63.8 cm³/mol. The summed E-state index contributed by atoms with van der Waals surface area (Å²) in [5.74, 6) is -0.917. The van der Waals surface area contributed by atoms with Crippen molar-refractivity contribution in [3.05, 3.63) is 16.6 Å². The van der Waals surface area contributed by atoms with Crippen molar-refractivity contribution in [1.29, 1.82) is 0 Å². The minimum atomic E-state index is -0.917.